The third kappa shape index (κ3) is 5.27. The zero-order valence-electron chi connectivity index (χ0n) is 8.96. The van der Waals surface area contributed by atoms with Gasteiger partial charge in [0.25, 0.3) is 0 Å². The molecule has 0 aliphatic heterocycles. The van der Waals surface area contributed by atoms with Gasteiger partial charge in [0.05, 0.1) is 0 Å². The fraction of sp³-hybridized carbons (Fsp3) is 1.00. The molecule has 2 unspecified atom stereocenters. The molecule has 2 N–H and O–H groups in total. The summed E-state index contributed by atoms with van der Waals surface area (Å²) in [7, 11) is 1.76. The van der Waals surface area contributed by atoms with E-state index < -0.39 is 0 Å². The van der Waals surface area contributed by atoms with Crippen molar-refractivity contribution < 1.29 is 4.74 Å². The highest BCUT2D eigenvalue weighted by Crippen LogP contribution is 2.34. The van der Waals surface area contributed by atoms with E-state index in [1.807, 2.05) is 0 Å². The van der Waals surface area contributed by atoms with E-state index in [0.717, 1.165) is 18.9 Å². The topological polar surface area (TPSA) is 35.2 Å². The van der Waals surface area contributed by atoms with Gasteiger partial charge in [0.15, 0.2) is 0 Å². The second-order valence-electron chi connectivity index (χ2n) is 4.58. The number of hydrogen-bond donors (Lipinski definition) is 1. The van der Waals surface area contributed by atoms with Gasteiger partial charge >= 0.3 is 0 Å². The lowest BCUT2D eigenvalue weighted by Gasteiger charge is -2.16. The Morgan fingerprint density at radius 2 is 2.15 bits per heavy atom. The van der Waals surface area contributed by atoms with Crippen LogP contribution in [-0.4, -0.2) is 19.8 Å². The Morgan fingerprint density at radius 1 is 1.46 bits per heavy atom. The van der Waals surface area contributed by atoms with Crippen LogP contribution in [0.3, 0.4) is 0 Å². The molecule has 1 fully saturated rings. The molecule has 0 radical (unpaired) electrons. The van der Waals surface area contributed by atoms with Crippen molar-refractivity contribution in [3.63, 3.8) is 0 Å². The lowest BCUT2D eigenvalue weighted by atomic mass is 9.99. The summed E-state index contributed by atoms with van der Waals surface area (Å²) in [5.74, 6) is 1.63. The Balaban J connectivity index is 1.97. The molecule has 0 amide bonds. The summed E-state index contributed by atoms with van der Waals surface area (Å²) in [6.45, 7) is 3.05. The molecule has 78 valence electrons. The van der Waals surface area contributed by atoms with Crippen molar-refractivity contribution in [1.29, 1.82) is 0 Å². The minimum absolute atomic E-state index is 0.394. The van der Waals surface area contributed by atoms with Crippen molar-refractivity contribution in [2.24, 2.45) is 17.6 Å². The van der Waals surface area contributed by atoms with Crippen LogP contribution < -0.4 is 5.73 Å². The molecule has 1 aliphatic rings. The van der Waals surface area contributed by atoms with Gasteiger partial charge in [-0.15, -0.1) is 0 Å². The molecule has 1 rings (SSSR count). The molecule has 0 heterocycles. The zero-order chi connectivity index (χ0) is 9.68. The monoisotopic (exact) mass is 185 g/mol. The van der Waals surface area contributed by atoms with Crippen molar-refractivity contribution >= 4 is 0 Å². The minimum atomic E-state index is 0.394. The predicted octanol–water partition coefficient (Wildman–Crippen LogP) is 2.18. The van der Waals surface area contributed by atoms with Crippen LogP contribution in [0.15, 0.2) is 0 Å². The molecule has 13 heavy (non-hydrogen) atoms. The van der Waals surface area contributed by atoms with E-state index in [2.05, 4.69) is 6.92 Å². The van der Waals surface area contributed by atoms with Gasteiger partial charge in [0.1, 0.15) is 0 Å². The van der Waals surface area contributed by atoms with Gasteiger partial charge < -0.3 is 10.5 Å². The molecule has 0 aromatic heterocycles. The lowest BCUT2D eigenvalue weighted by molar-refractivity contribution is 0.151. The van der Waals surface area contributed by atoms with Crippen LogP contribution in [0, 0.1) is 11.8 Å². The van der Waals surface area contributed by atoms with E-state index in [1.165, 1.54) is 25.7 Å². The zero-order valence-corrected chi connectivity index (χ0v) is 8.96. The largest absolute Gasteiger partial charge is 0.384 e. The van der Waals surface area contributed by atoms with Crippen molar-refractivity contribution in [3.8, 4) is 0 Å². The molecule has 0 spiro atoms. The fourth-order valence-corrected chi connectivity index (χ4v) is 1.84. The number of nitrogens with two attached hydrogens (primary N) is 1. The SMILES string of the molecule is COCC(C)CC(N)CCC1CC1. The van der Waals surface area contributed by atoms with Crippen LogP contribution in [0.25, 0.3) is 0 Å². The molecule has 0 aromatic carbocycles. The lowest BCUT2D eigenvalue weighted by Crippen LogP contribution is -2.24. The number of hydrogen-bond acceptors (Lipinski definition) is 2. The van der Waals surface area contributed by atoms with Crippen LogP contribution in [0.4, 0.5) is 0 Å². The van der Waals surface area contributed by atoms with Gasteiger partial charge in [-0.1, -0.05) is 19.8 Å². The fourth-order valence-electron chi connectivity index (χ4n) is 1.84. The van der Waals surface area contributed by atoms with Gasteiger partial charge in [-0.3, -0.25) is 0 Å². The Morgan fingerprint density at radius 3 is 2.69 bits per heavy atom. The normalized spacial score (nSPS) is 21.5. The first-order valence-corrected chi connectivity index (χ1v) is 5.47. The third-order valence-electron chi connectivity index (χ3n) is 2.80. The quantitative estimate of drug-likeness (QED) is 0.660. The van der Waals surface area contributed by atoms with Crippen LogP contribution in [-0.2, 0) is 4.74 Å². The summed E-state index contributed by atoms with van der Waals surface area (Å²) in [6.07, 6.45) is 6.56. The Hall–Kier alpha value is -0.0800. The van der Waals surface area contributed by atoms with Crippen molar-refractivity contribution in [1.82, 2.24) is 0 Å². The van der Waals surface area contributed by atoms with Crippen LogP contribution in [0.5, 0.6) is 0 Å². The average Bonchev–Trinajstić information content (AvgIpc) is 2.84. The standard InChI is InChI=1S/C11H23NO/c1-9(8-13-2)7-11(12)6-5-10-3-4-10/h9-11H,3-8,12H2,1-2H3. The number of ether oxygens (including phenoxy) is 1. The second-order valence-corrected chi connectivity index (χ2v) is 4.58. The summed E-state index contributed by atoms with van der Waals surface area (Å²) in [6, 6.07) is 0.394. The van der Waals surface area contributed by atoms with Crippen molar-refractivity contribution in [3.05, 3.63) is 0 Å². The van der Waals surface area contributed by atoms with E-state index in [0.29, 0.717) is 12.0 Å². The van der Waals surface area contributed by atoms with Crippen molar-refractivity contribution in [2.75, 3.05) is 13.7 Å². The van der Waals surface area contributed by atoms with E-state index >= 15 is 0 Å². The first kappa shape index (κ1) is 11.0. The molecule has 0 saturated heterocycles. The minimum Gasteiger partial charge on any atom is -0.384 e. The summed E-state index contributed by atoms with van der Waals surface area (Å²) < 4.78 is 5.09. The molecule has 2 atom stereocenters. The first-order chi connectivity index (χ1) is 6.22. The average molecular weight is 185 g/mol. The molecule has 1 saturated carbocycles. The molecule has 0 aromatic rings. The van der Waals surface area contributed by atoms with Crippen molar-refractivity contribution in [2.45, 2.75) is 45.1 Å². The predicted molar refractivity (Wildman–Crippen MR) is 55.6 cm³/mol. The second kappa shape index (κ2) is 5.61. The molecule has 2 heteroatoms. The molecule has 1 aliphatic carbocycles. The van der Waals surface area contributed by atoms with Gasteiger partial charge in [-0.05, 0) is 31.1 Å². The third-order valence-corrected chi connectivity index (χ3v) is 2.80. The van der Waals surface area contributed by atoms with Gasteiger partial charge in [-0.2, -0.15) is 0 Å². The molecular weight excluding hydrogens is 162 g/mol. The highest BCUT2D eigenvalue weighted by atomic mass is 16.5. The Bertz CT molecular complexity index is 134. The summed E-state index contributed by atoms with van der Waals surface area (Å²) in [5.41, 5.74) is 6.03. The number of rotatable bonds is 7. The van der Waals surface area contributed by atoms with E-state index in [1.54, 1.807) is 7.11 Å². The van der Waals surface area contributed by atoms with Crippen LogP contribution in [0.1, 0.15) is 39.0 Å². The maximum atomic E-state index is 6.03. The first-order valence-electron chi connectivity index (χ1n) is 5.47. The highest BCUT2D eigenvalue weighted by molar-refractivity contribution is 4.76. The molecule has 0 bridgehead atoms. The van der Waals surface area contributed by atoms with Gasteiger partial charge in [0, 0.05) is 19.8 Å². The summed E-state index contributed by atoms with van der Waals surface area (Å²) in [5, 5.41) is 0. The molecular formula is C11H23NO. The summed E-state index contributed by atoms with van der Waals surface area (Å²) >= 11 is 0. The summed E-state index contributed by atoms with van der Waals surface area (Å²) in [4.78, 5) is 0. The highest BCUT2D eigenvalue weighted by Gasteiger charge is 2.21. The van der Waals surface area contributed by atoms with Gasteiger partial charge in [-0.25, -0.2) is 0 Å². The molecule has 2 nitrogen and oxygen atoms in total. The van der Waals surface area contributed by atoms with E-state index in [9.17, 15) is 0 Å². The Labute approximate surface area is 81.8 Å². The maximum Gasteiger partial charge on any atom is 0.0488 e. The van der Waals surface area contributed by atoms with Crippen LogP contribution >= 0.6 is 0 Å². The van der Waals surface area contributed by atoms with E-state index in [4.69, 9.17) is 10.5 Å². The smallest absolute Gasteiger partial charge is 0.0488 e. The number of methoxy groups -OCH3 is 1. The van der Waals surface area contributed by atoms with E-state index in [-0.39, 0.29) is 0 Å². The van der Waals surface area contributed by atoms with Crippen LogP contribution in [0.2, 0.25) is 0 Å². The maximum absolute atomic E-state index is 6.03. The Kier molecular flexibility index (Phi) is 4.74. The van der Waals surface area contributed by atoms with Gasteiger partial charge in [0.2, 0.25) is 0 Å².